The van der Waals surface area contributed by atoms with Crippen LogP contribution in [0.3, 0.4) is 0 Å². The SMILES string of the molecule is O=S(=O)([O-])CCBr.O=S(=O)([O-])CCBr.[K+].[Na+]. The van der Waals surface area contributed by atoms with Gasteiger partial charge in [-0.05, 0) is 0 Å². The van der Waals surface area contributed by atoms with Crippen LogP contribution in [0.5, 0.6) is 0 Å². The van der Waals surface area contributed by atoms with Crippen LogP contribution in [0.25, 0.3) is 0 Å². The average Bonchev–Trinajstić information content (AvgIpc) is 1.81. The number of rotatable bonds is 4. The minimum atomic E-state index is -3.97. The molecule has 0 fully saturated rings. The van der Waals surface area contributed by atoms with Gasteiger partial charge in [0.2, 0.25) is 0 Å². The van der Waals surface area contributed by atoms with Gasteiger partial charge in [0.15, 0.2) is 0 Å². The molecule has 0 radical (unpaired) electrons. The zero-order valence-corrected chi connectivity index (χ0v) is 18.8. The van der Waals surface area contributed by atoms with Crippen molar-refractivity contribution in [2.45, 2.75) is 0 Å². The molecule has 6 nitrogen and oxygen atoms in total. The van der Waals surface area contributed by atoms with E-state index >= 15 is 0 Å². The van der Waals surface area contributed by atoms with Gasteiger partial charge in [-0.3, -0.25) is 0 Å². The van der Waals surface area contributed by atoms with Crippen molar-refractivity contribution in [3.8, 4) is 0 Å². The summed E-state index contributed by atoms with van der Waals surface area (Å²) < 4.78 is 57.9. The van der Waals surface area contributed by atoms with Crippen molar-refractivity contribution in [3.05, 3.63) is 0 Å². The standard InChI is InChI=1S/2C2H5BrO3S.K.Na/c2*3-1-2-7(4,5)6;;/h2*1-2H2,(H,4,5,6);;/q;;2*+1/p-2. The van der Waals surface area contributed by atoms with E-state index in [0.717, 1.165) is 0 Å². The van der Waals surface area contributed by atoms with Crippen LogP contribution in [0.2, 0.25) is 0 Å². The molecule has 16 heavy (non-hydrogen) atoms. The molecule has 12 heteroatoms. The molecule has 0 amide bonds. The second-order valence-electron chi connectivity index (χ2n) is 1.90. The summed E-state index contributed by atoms with van der Waals surface area (Å²) in [6.07, 6.45) is 0. The first-order chi connectivity index (χ1) is 6.12. The normalized spacial score (nSPS) is 10.2. The van der Waals surface area contributed by atoms with E-state index in [1.807, 2.05) is 0 Å². The molecule has 0 N–H and O–H groups in total. The molecule has 0 spiro atoms. The van der Waals surface area contributed by atoms with Crippen molar-refractivity contribution in [1.29, 1.82) is 0 Å². The quantitative estimate of drug-likeness (QED) is 0.245. The summed E-state index contributed by atoms with van der Waals surface area (Å²) >= 11 is 5.61. The number of alkyl halides is 2. The molecule has 0 saturated carbocycles. The van der Waals surface area contributed by atoms with E-state index in [1.165, 1.54) is 0 Å². The fourth-order valence-corrected chi connectivity index (χ4v) is 2.95. The van der Waals surface area contributed by atoms with E-state index in [-0.39, 0.29) is 103 Å². The fourth-order valence-electron chi connectivity index (χ4n) is 0.189. The van der Waals surface area contributed by atoms with Crippen LogP contribution in [-0.2, 0) is 20.2 Å². The molecule has 0 atom stereocenters. The summed E-state index contributed by atoms with van der Waals surface area (Å²) in [5.74, 6) is -0.653. The molecule has 0 aliphatic heterocycles. The van der Waals surface area contributed by atoms with Crippen LogP contribution in [0, 0.1) is 0 Å². The van der Waals surface area contributed by atoms with E-state index in [4.69, 9.17) is 0 Å². The summed E-state index contributed by atoms with van der Waals surface area (Å²) in [6.45, 7) is 0. The first-order valence-corrected chi connectivity index (χ1v) is 8.51. The van der Waals surface area contributed by atoms with Crippen molar-refractivity contribution in [3.63, 3.8) is 0 Å². The Morgan fingerprint density at radius 1 is 0.812 bits per heavy atom. The maximum absolute atomic E-state index is 9.65. The summed E-state index contributed by atoms with van der Waals surface area (Å²) in [6, 6.07) is 0. The predicted octanol–water partition coefficient (Wildman–Crippen LogP) is -6.14. The molecule has 0 rings (SSSR count). The summed E-state index contributed by atoms with van der Waals surface area (Å²) in [7, 11) is -7.94. The second kappa shape index (κ2) is 14.8. The molecule has 0 aliphatic carbocycles. The Balaban J connectivity index is -0.0000000800. The molecule has 0 heterocycles. The number of halogens is 2. The van der Waals surface area contributed by atoms with Crippen molar-refractivity contribution >= 4 is 52.1 Å². The first-order valence-electron chi connectivity index (χ1n) is 3.11. The Bertz CT molecular complexity index is 296. The summed E-state index contributed by atoms with van der Waals surface area (Å²) in [5.41, 5.74) is 0. The van der Waals surface area contributed by atoms with E-state index in [2.05, 4.69) is 31.9 Å². The van der Waals surface area contributed by atoms with Gasteiger partial charge in [0, 0.05) is 22.2 Å². The third kappa shape index (κ3) is 36.0. The van der Waals surface area contributed by atoms with Gasteiger partial charge in [0.05, 0.1) is 20.2 Å². The second-order valence-corrected chi connectivity index (χ2v) is 6.53. The average molecular weight is 438 g/mol. The molecule has 0 saturated heterocycles. The van der Waals surface area contributed by atoms with Gasteiger partial charge in [-0.15, -0.1) is 0 Å². The van der Waals surface area contributed by atoms with Crippen LogP contribution in [0.15, 0.2) is 0 Å². The van der Waals surface area contributed by atoms with Gasteiger partial charge >= 0.3 is 80.9 Å². The Morgan fingerprint density at radius 3 is 1.00 bits per heavy atom. The third-order valence-electron chi connectivity index (χ3n) is 0.654. The van der Waals surface area contributed by atoms with Crippen LogP contribution in [0.4, 0.5) is 0 Å². The first kappa shape index (κ1) is 27.7. The van der Waals surface area contributed by atoms with Crippen LogP contribution in [0.1, 0.15) is 0 Å². The van der Waals surface area contributed by atoms with Gasteiger partial charge in [-0.1, -0.05) is 31.9 Å². The topological polar surface area (TPSA) is 114 Å². The molecule has 0 bridgehead atoms. The van der Waals surface area contributed by atoms with Crippen molar-refractivity contribution < 1.29 is 107 Å². The summed E-state index contributed by atoms with van der Waals surface area (Å²) in [5, 5.41) is 0.442. The molecule has 0 aromatic rings. The molecular formula is C4H8Br2KNaO6S2. The Morgan fingerprint density at radius 2 is 1.00 bits per heavy atom. The van der Waals surface area contributed by atoms with Crippen LogP contribution < -0.4 is 80.9 Å². The Kier molecular flexibility index (Phi) is 25.7. The van der Waals surface area contributed by atoms with Crippen LogP contribution in [-0.4, -0.2) is 48.1 Å². The largest absolute Gasteiger partial charge is 1.00 e. The van der Waals surface area contributed by atoms with Crippen LogP contribution >= 0.6 is 31.9 Å². The van der Waals surface area contributed by atoms with E-state index in [9.17, 15) is 25.9 Å². The van der Waals surface area contributed by atoms with Crippen molar-refractivity contribution in [2.75, 3.05) is 22.2 Å². The maximum atomic E-state index is 9.65. The zero-order valence-electron chi connectivity index (χ0n) is 8.85. The summed E-state index contributed by atoms with van der Waals surface area (Å²) in [4.78, 5) is 0. The zero-order chi connectivity index (χ0) is 11.8. The number of hydrogen-bond donors (Lipinski definition) is 0. The smallest absolute Gasteiger partial charge is 0.748 e. The Hall–Kier alpha value is 3.42. The monoisotopic (exact) mass is 436 g/mol. The van der Waals surface area contributed by atoms with Gasteiger partial charge in [0.25, 0.3) is 0 Å². The Labute approximate surface area is 177 Å². The van der Waals surface area contributed by atoms with E-state index < -0.39 is 20.2 Å². The fraction of sp³-hybridized carbons (Fsp3) is 1.00. The maximum Gasteiger partial charge on any atom is 1.00 e. The number of hydrogen-bond acceptors (Lipinski definition) is 6. The molecule has 0 unspecified atom stereocenters. The molecule has 0 aromatic heterocycles. The molecule has 0 aliphatic rings. The molecule has 0 aromatic carbocycles. The van der Waals surface area contributed by atoms with E-state index in [1.54, 1.807) is 0 Å². The molecule has 88 valence electrons. The minimum Gasteiger partial charge on any atom is -0.748 e. The minimum absolute atomic E-state index is 0. The predicted molar refractivity (Wildman–Crippen MR) is 56.7 cm³/mol. The van der Waals surface area contributed by atoms with Crippen molar-refractivity contribution in [2.24, 2.45) is 0 Å². The van der Waals surface area contributed by atoms with Crippen molar-refractivity contribution in [1.82, 2.24) is 0 Å². The van der Waals surface area contributed by atoms with Gasteiger partial charge in [-0.25, -0.2) is 16.8 Å². The van der Waals surface area contributed by atoms with Gasteiger partial charge < -0.3 is 9.11 Å². The van der Waals surface area contributed by atoms with E-state index in [0.29, 0.717) is 0 Å². The van der Waals surface area contributed by atoms with Gasteiger partial charge in [-0.2, -0.15) is 0 Å². The van der Waals surface area contributed by atoms with Gasteiger partial charge in [0.1, 0.15) is 0 Å². The third-order valence-corrected chi connectivity index (χ3v) is 3.91. The molecular weight excluding hydrogens is 430 g/mol.